The first-order valence-electron chi connectivity index (χ1n) is 9.27. The molecule has 0 spiro atoms. The average molecular weight is 429 g/mol. The number of esters is 1. The SMILES string of the molecule is C=C1CCCN(S(C)(=O)=O)c2cc3nc(-c4ccc(F)cc4)c(C(=O)OC)n3cc21. The number of carbonyl (C=O) groups excluding carboxylic acids is 1. The number of sulfonamides is 1. The van der Waals surface area contributed by atoms with Crippen molar-refractivity contribution < 1.29 is 22.3 Å². The molecule has 3 aromatic rings. The van der Waals surface area contributed by atoms with Crippen molar-refractivity contribution in [2.24, 2.45) is 0 Å². The molecule has 9 heteroatoms. The standard InChI is InChI=1S/C21H20FN3O4S/c1-13-5-4-10-25(30(3,27)28)17-11-18-23-19(14-6-8-15(22)9-7-14)20(21(26)29-2)24(18)12-16(13)17/h6-9,11-12H,1,4-5,10H2,2-3H3. The van der Waals surface area contributed by atoms with Gasteiger partial charge in [0.05, 0.1) is 19.1 Å². The molecule has 1 aliphatic heterocycles. The van der Waals surface area contributed by atoms with Gasteiger partial charge in [-0.2, -0.15) is 0 Å². The van der Waals surface area contributed by atoms with E-state index in [0.717, 1.165) is 11.8 Å². The third-order valence-electron chi connectivity index (χ3n) is 5.12. The summed E-state index contributed by atoms with van der Waals surface area (Å²) in [6, 6.07) is 7.24. The summed E-state index contributed by atoms with van der Waals surface area (Å²) in [5, 5.41) is 0. The van der Waals surface area contributed by atoms with Gasteiger partial charge in [0.15, 0.2) is 5.69 Å². The fraction of sp³-hybridized carbons (Fsp3) is 0.238. The molecule has 0 N–H and O–H groups in total. The number of benzene rings is 1. The average Bonchev–Trinajstić information content (AvgIpc) is 2.98. The number of nitrogens with zero attached hydrogens (tertiary/aromatic N) is 3. The first kappa shape index (κ1) is 20.1. The smallest absolute Gasteiger partial charge is 0.357 e. The monoisotopic (exact) mass is 429 g/mol. The molecule has 0 aliphatic carbocycles. The highest BCUT2D eigenvalue weighted by molar-refractivity contribution is 7.92. The van der Waals surface area contributed by atoms with Gasteiger partial charge in [0.2, 0.25) is 10.0 Å². The van der Waals surface area contributed by atoms with Crippen molar-refractivity contribution in [3.05, 3.63) is 60.2 Å². The van der Waals surface area contributed by atoms with Crippen LogP contribution in [0.15, 0.2) is 43.1 Å². The normalized spacial score (nSPS) is 14.5. The van der Waals surface area contributed by atoms with Crippen molar-refractivity contribution in [2.75, 3.05) is 24.2 Å². The maximum Gasteiger partial charge on any atom is 0.357 e. The molecule has 7 nitrogen and oxygen atoms in total. The van der Waals surface area contributed by atoms with Crippen LogP contribution < -0.4 is 4.31 Å². The summed E-state index contributed by atoms with van der Waals surface area (Å²) in [6.45, 7) is 4.42. The Hall–Kier alpha value is -3.20. The third kappa shape index (κ3) is 3.35. The Morgan fingerprint density at radius 1 is 1.27 bits per heavy atom. The van der Waals surface area contributed by atoms with Gasteiger partial charge < -0.3 is 4.74 Å². The van der Waals surface area contributed by atoms with Crippen LogP contribution in [0.2, 0.25) is 0 Å². The number of aromatic nitrogens is 2. The second-order valence-electron chi connectivity index (χ2n) is 7.15. The predicted octanol–water partition coefficient (Wildman–Crippen LogP) is 3.50. The molecule has 0 fully saturated rings. The minimum Gasteiger partial charge on any atom is -0.464 e. The van der Waals surface area contributed by atoms with Crippen LogP contribution in [0.3, 0.4) is 0 Å². The molecule has 0 saturated heterocycles. The second-order valence-corrected chi connectivity index (χ2v) is 9.06. The molecule has 0 radical (unpaired) electrons. The molecule has 0 saturated carbocycles. The molecule has 1 aliphatic rings. The summed E-state index contributed by atoms with van der Waals surface area (Å²) in [6.07, 6.45) is 4.08. The molecule has 2 aromatic heterocycles. The van der Waals surface area contributed by atoms with Crippen molar-refractivity contribution in [3.63, 3.8) is 0 Å². The molecule has 156 valence electrons. The van der Waals surface area contributed by atoms with Crippen LogP contribution >= 0.6 is 0 Å². The number of rotatable bonds is 3. The Morgan fingerprint density at radius 2 is 1.97 bits per heavy atom. The molecule has 0 atom stereocenters. The van der Waals surface area contributed by atoms with Gasteiger partial charge in [0, 0.05) is 29.9 Å². The van der Waals surface area contributed by atoms with Crippen molar-refractivity contribution >= 4 is 32.9 Å². The highest BCUT2D eigenvalue weighted by Gasteiger charge is 2.28. The molecule has 1 aromatic carbocycles. The number of anilines is 1. The highest BCUT2D eigenvalue weighted by atomic mass is 32.2. The predicted molar refractivity (Wildman–Crippen MR) is 112 cm³/mol. The summed E-state index contributed by atoms with van der Waals surface area (Å²) >= 11 is 0. The summed E-state index contributed by atoms with van der Waals surface area (Å²) in [5.74, 6) is -1.02. The number of allylic oxidation sites excluding steroid dienone is 1. The fourth-order valence-electron chi connectivity index (χ4n) is 3.69. The Labute approximate surface area is 173 Å². The largest absolute Gasteiger partial charge is 0.464 e. The number of halogens is 1. The highest BCUT2D eigenvalue weighted by Crippen LogP contribution is 2.36. The molecule has 4 rings (SSSR count). The lowest BCUT2D eigenvalue weighted by molar-refractivity contribution is 0.0594. The van der Waals surface area contributed by atoms with Crippen LogP contribution in [0.4, 0.5) is 10.1 Å². The number of imidazole rings is 1. The molecule has 3 heterocycles. The van der Waals surface area contributed by atoms with E-state index in [0.29, 0.717) is 47.5 Å². The first-order valence-corrected chi connectivity index (χ1v) is 11.1. The topological polar surface area (TPSA) is 81.0 Å². The number of hydrogen-bond donors (Lipinski definition) is 0. The van der Waals surface area contributed by atoms with E-state index in [1.54, 1.807) is 16.7 Å². The number of carbonyl (C=O) groups is 1. The maximum absolute atomic E-state index is 13.4. The fourth-order valence-corrected chi connectivity index (χ4v) is 4.66. The van der Waals surface area contributed by atoms with Gasteiger partial charge >= 0.3 is 5.97 Å². The van der Waals surface area contributed by atoms with Crippen molar-refractivity contribution in [2.45, 2.75) is 12.8 Å². The number of methoxy groups -OCH3 is 1. The van der Waals surface area contributed by atoms with E-state index in [1.165, 1.54) is 35.7 Å². The Balaban J connectivity index is 2.04. The molecule has 0 unspecified atom stereocenters. The van der Waals surface area contributed by atoms with Crippen LogP contribution in [0.1, 0.15) is 28.9 Å². The third-order valence-corrected chi connectivity index (χ3v) is 6.30. The van der Waals surface area contributed by atoms with Crippen LogP contribution in [0.25, 0.3) is 22.5 Å². The van der Waals surface area contributed by atoms with Crippen LogP contribution in [-0.4, -0.2) is 43.7 Å². The number of pyridine rings is 1. The van der Waals surface area contributed by atoms with Gasteiger partial charge in [-0.1, -0.05) is 6.58 Å². The van der Waals surface area contributed by atoms with E-state index in [2.05, 4.69) is 11.6 Å². The number of ether oxygens (including phenoxy) is 1. The van der Waals surface area contributed by atoms with E-state index >= 15 is 0 Å². The van der Waals surface area contributed by atoms with Crippen molar-refractivity contribution in [1.82, 2.24) is 9.38 Å². The minimum atomic E-state index is -3.51. The zero-order valence-corrected chi connectivity index (χ0v) is 17.4. The van der Waals surface area contributed by atoms with E-state index in [1.807, 2.05) is 0 Å². The van der Waals surface area contributed by atoms with Gasteiger partial charge in [-0.25, -0.2) is 22.6 Å². The lowest BCUT2D eigenvalue weighted by atomic mass is 10.0. The Kier molecular flexibility index (Phi) is 4.85. The van der Waals surface area contributed by atoms with Gasteiger partial charge in [0.25, 0.3) is 0 Å². The first-order chi connectivity index (χ1) is 14.2. The summed E-state index contributed by atoms with van der Waals surface area (Å²) < 4.78 is 46.0. The van der Waals surface area contributed by atoms with Gasteiger partial charge in [0.1, 0.15) is 17.2 Å². The number of hydrogen-bond acceptors (Lipinski definition) is 5. The minimum absolute atomic E-state index is 0.171. The van der Waals surface area contributed by atoms with Crippen LogP contribution in [0.5, 0.6) is 0 Å². The lowest BCUT2D eigenvalue weighted by Crippen LogP contribution is -2.30. The van der Waals surface area contributed by atoms with E-state index in [9.17, 15) is 17.6 Å². The van der Waals surface area contributed by atoms with Gasteiger partial charge in [-0.15, -0.1) is 0 Å². The van der Waals surface area contributed by atoms with Crippen molar-refractivity contribution in [3.8, 4) is 11.3 Å². The van der Waals surface area contributed by atoms with E-state index in [4.69, 9.17) is 4.74 Å². The maximum atomic E-state index is 13.4. The summed E-state index contributed by atoms with van der Waals surface area (Å²) in [5.41, 5.74) is 3.26. The van der Waals surface area contributed by atoms with Crippen LogP contribution in [-0.2, 0) is 14.8 Å². The van der Waals surface area contributed by atoms with Crippen molar-refractivity contribution in [1.29, 1.82) is 0 Å². The summed E-state index contributed by atoms with van der Waals surface area (Å²) in [4.78, 5) is 17.2. The quantitative estimate of drug-likeness (QED) is 0.596. The molecule has 30 heavy (non-hydrogen) atoms. The zero-order chi connectivity index (χ0) is 21.6. The molecule has 0 amide bonds. The van der Waals surface area contributed by atoms with E-state index in [-0.39, 0.29) is 5.69 Å². The number of fused-ring (bicyclic) bond motifs is 2. The lowest BCUT2D eigenvalue weighted by Gasteiger charge is -2.22. The van der Waals surface area contributed by atoms with Crippen LogP contribution in [0, 0.1) is 5.82 Å². The second kappa shape index (κ2) is 7.24. The van der Waals surface area contributed by atoms with Gasteiger partial charge in [-0.05, 0) is 42.7 Å². The van der Waals surface area contributed by atoms with Gasteiger partial charge in [-0.3, -0.25) is 8.71 Å². The van der Waals surface area contributed by atoms with E-state index < -0.39 is 21.8 Å². The molecule has 0 bridgehead atoms. The Bertz CT molecular complexity index is 1280. The summed E-state index contributed by atoms with van der Waals surface area (Å²) in [7, 11) is -2.25. The molecular formula is C21H20FN3O4S. The molecular weight excluding hydrogens is 409 g/mol. The Morgan fingerprint density at radius 3 is 2.60 bits per heavy atom. The zero-order valence-electron chi connectivity index (χ0n) is 16.6.